The first-order valence-electron chi connectivity index (χ1n) is 12.8. The van der Waals surface area contributed by atoms with E-state index in [0.717, 1.165) is 33.4 Å². The van der Waals surface area contributed by atoms with Gasteiger partial charge < -0.3 is 9.64 Å². The number of aryl methyl sites for hydroxylation is 2. The summed E-state index contributed by atoms with van der Waals surface area (Å²) in [6.07, 6.45) is 2.22. The molecule has 0 N–H and O–H groups in total. The number of amides is 1. The summed E-state index contributed by atoms with van der Waals surface area (Å²) >= 11 is 1.41. The fourth-order valence-corrected chi connectivity index (χ4v) is 5.49. The van der Waals surface area contributed by atoms with Crippen molar-refractivity contribution in [3.8, 4) is 0 Å². The van der Waals surface area contributed by atoms with Crippen molar-refractivity contribution >= 4 is 39.8 Å². The summed E-state index contributed by atoms with van der Waals surface area (Å²) < 4.78 is 5.48. The van der Waals surface area contributed by atoms with Crippen LogP contribution in [0.4, 0.5) is 0 Å². The van der Waals surface area contributed by atoms with E-state index in [9.17, 15) is 9.59 Å². The number of carbonyl (C=O) groups is 2. The first kappa shape index (κ1) is 25.9. The molecule has 0 saturated carbocycles. The number of nitrogens with zero attached hydrogens (tertiary/aromatic N) is 2. The lowest BCUT2D eigenvalue weighted by Crippen LogP contribution is -2.38. The van der Waals surface area contributed by atoms with Crippen LogP contribution in [0.3, 0.4) is 0 Å². The normalized spacial score (nSPS) is 17.4. The van der Waals surface area contributed by atoms with Crippen molar-refractivity contribution in [2.24, 2.45) is 4.99 Å². The predicted octanol–water partition coefficient (Wildman–Crippen LogP) is 6.33. The number of hydrogen-bond donors (Lipinski definition) is 0. The number of ketones is 1. The highest BCUT2D eigenvalue weighted by Crippen LogP contribution is 2.38. The lowest BCUT2D eigenvalue weighted by atomic mass is 9.93. The molecule has 0 atom stereocenters. The molecule has 1 fully saturated rings. The fraction of sp³-hybridized carbons (Fsp3) is 0.219. The van der Waals surface area contributed by atoms with Crippen molar-refractivity contribution < 1.29 is 14.3 Å². The third kappa shape index (κ3) is 6.04. The summed E-state index contributed by atoms with van der Waals surface area (Å²) in [5, 5.41) is 0.711. The van der Waals surface area contributed by atoms with Gasteiger partial charge in [-0.05, 0) is 48.4 Å². The van der Waals surface area contributed by atoms with E-state index in [2.05, 4.69) is 9.89 Å². The minimum atomic E-state index is -0.249. The van der Waals surface area contributed by atoms with Gasteiger partial charge in [-0.3, -0.25) is 9.59 Å². The number of hydrogen-bond acceptors (Lipinski definition) is 5. The largest absolute Gasteiger partial charge is 0.378 e. The number of benzene rings is 3. The Morgan fingerprint density at radius 1 is 0.868 bits per heavy atom. The molecular formula is C32H30N2O3S. The van der Waals surface area contributed by atoms with Crippen molar-refractivity contribution in [3.05, 3.63) is 118 Å². The van der Waals surface area contributed by atoms with Crippen LogP contribution in [-0.2, 0) is 9.53 Å². The smallest absolute Gasteiger partial charge is 0.286 e. The summed E-state index contributed by atoms with van der Waals surface area (Å²) in [7, 11) is 0. The third-order valence-corrected chi connectivity index (χ3v) is 7.79. The van der Waals surface area contributed by atoms with Gasteiger partial charge >= 0.3 is 0 Å². The van der Waals surface area contributed by atoms with Crippen molar-refractivity contribution in [3.63, 3.8) is 0 Å². The van der Waals surface area contributed by atoms with Crippen molar-refractivity contribution in [1.82, 2.24) is 4.90 Å². The van der Waals surface area contributed by atoms with Crippen LogP contribution in [0.5, 0.6) is 0 Å². The Morgan fingerprint density at radius 2 is 1.47 bits per heavy atom. The second kappa shape index (κ2) is 11.8. The molecule has 0 unspecified atom stereocenters. The van der Waals surface area contributed by atoms with Crippen molar-refractivity contribution in [2.75, 3.05) is 26.3 Å². The maximum absolute atomic E-state index is 13.4. The zero-order valence-electron chi connectivity index (χ0n) is 21.6. The Hall–Kier alpha value is -3.74. The van der Waals surface area contributed by atoms with Crippen LogP contribution in [0.1, 0.15) is 39.0 Å². The fourth-order valence-electron chi connectivity index (χ4n) is 4.45. The number of ether oxygens (including phenoxy) is 1. The molecule has 0 radical (unpaired) electrons. The molecule has 6 heteroatoms. The average Bonchev–Trinajstić information content (AvgIpc) is 3.34. The lowest BCUT2D eigenvalue weighted by molar-refractivity contribution is -0.113. The van der Waals surface area contributed by atoms with Gasteiger partial charge in [-0.25, -0.2) is 0 Å². The number of carbonyl (C=O) groups excluding carboxylic acids is 2. The van der Waals surface area contributed by atoms with Crippen LogP contribution in [0.15, 0.2) is 94.8 Å². The summed E-state index contributed by atoms with van der Waals surface area (Å²) in [5.74, 6) is -0.218. The van der Waals surface area contributed by atoms with E-state index in [4.69, 9.17) is 4.74 Å². The molecule has 3 aromatic rings. The van der Waals surface area contributed by atoms with Crippen LogP contribution in [0, 0.1) is 13.8 Å². The number of aliphatic imine (C=N–C) groups is 1. The Morgan fingerprint density at radius 3 is 2.11 bits per heavy atom. The van der Waals surface area contributed by atoms with Gasteiger partial charge in [-0.15, -0.1) is 0 Å². The number of morpholine rings is 1. The molecule has 5 nitrogen and oxygen atoms in total. The van der Waals surface area contributed by atoms with Crippen LogP contribution in [0.2, 0.25) is 0 Å². The Labute approximate surface area is 227 Å². The molecule has 5 rings (SSSR count). The minimum Gasteiger partial charge on any atom is -0.378 e. The molecule has 3 aromatic carbocycles. The second-order valence-corrected chi connectivity index (χ2v) is 10.5. The van der Waals surface area contributed by atoms with Crippen LogP contribution in [-0.4, -0.2) is 48.1 Å². The Bertz CT molecular complexity index is 1420. The molecule has 0 aliphatic carbocycles. The molecule has 2 aliphatic heterocycles. The van der Waals surface area contributed by atoms with Crippen LogP contribution >= 0.6 is 11.8 Å². The summed E-state index contributed by atoms with van der Waals surface area (Å²) in [6.45, 7) is 6.71. The summed E-state index contributed by atoms with van der Waals surface area (Å²) in [5.41, 5.74) is 6.42. The number of thioether (sulfide) groups is 1. The monoisotopic (exact) mass is 522 g/mol. The van der Waals surface area contributed by atoms with Crippen molar-refractivity contribution in [1.29, 1.82) is 0 Å². The quantitative estimate of drug-likeness (QED) is 0.280. The highest BCUT2D eigenvalue weighted by atomic mass is 32.2. The maximum Gasteiger partial charge on any atom is 0.286 e. The number of Topliss-reactive ketones (excluding diaryl/α,β-unsaturated/α-hetero) is 1. The number of allylic oxidation sites excluding steroid dienone is 3. The van der Waals surface area contributed by atoms with E-state index in [1.807, 2.05) is 98.8 Å². The highest BCUT2D eigenvalue weighted by molar-refractivity contribution is 8.18. The third-order valence-electron chi connectivity index (χ3n) is 6.66. The number of amidine groups is 1. The van der Waals surface area contributed by atoms with Gasteiger partial charge in [0, 0.05) is 30.6 Å². The summed E-state index contributed by atoms with van der Waals surface area (Å²) in [4.78, 5) is 33.8. The van der Waals surface area contributed by atoms with Gasteiger partial charge in [-0.2, -0.15) is 4.99 Å². The molecule has 192 valence electrons. The minimum absolute atomic E-state index is 0.0315. The Kier molecular flexibility index (Phi) is 8.01. The van der Waals surface area contributed by atoms with E-state index in [0.29, 0.717) is 41.9 Å². The van der Waals surface area contributed by atoms with E-state index in [1.54, 1.807) is 0 Å². The molecular weight excluding hydrogens is 492 g/mol. The molecule has 2 aliphatic rings. The SMILES string of the molecule is Cc1ccc(C(=O)C/C(=C/C(=C2\SC(N3CCOCC3)=NC2=O)c2ccc(C)cc2)c2ccccc2)cc1. The molecule has 1 saturated heterocycles. The summed E-state index contributed by atoms with van der Waals surface area (Å²) in [6, 6.07) is 25.7. The highest BCUT2D eigenvalue weighted by Gasteiger charge is 2.30. The maximum atomic E-state index is 13.4. The van der Waals surface area contributed by atoms with Gasteiger partial charge in [0.2, 0.25) is 0 Å². The first-order chi connectivity index (χ1) is 18.5. The van der Waals surface area contributed by atoms with Crippen LogP contribution in [0.25, 0.3) is 11.1 Å². The first-order valence-corrected chi connectivity index (χ1v) is 13.6. The molecule has 0 spiro atoms. The second-order valence-electron chi connectivity index (χ2n) is 9.51. The molecule has 2 heterocycles. The van der Waals surface area contributed by atoms with Crippen molar-refractivity contribution in [2.45, 2.75) is 20.3 Å². The van der Waals surface area contributed by atoms with Gasteiger partial charge in [0.05, 0.1) is 18.1 Å². The topological polar surface area (TPSA) is 59.0 Å². The Balaban J connectivity index is 1.58. The zero-order valence-corrected chi connectivity index (χ0v) is 22.5. The van der Waals surface area contributed by atoms with Gasteiger partial charge in [0.15, 0.2) is 11.0 Å². The zero-order chi connectivity index (χ0) is 26.5. The molecule has 38 heavy (non-hydrogen) atoms. The van der Waals surface area contributed by atoms with Gasteiger partial charge in [0.1, 0.15) is 0 Å². The van der Waals surface area contributed by atoms with E-state index in [1.165, 1.54) is 11.8 Å². The molecule has 0 aromatic heterocycles. The standard InChI is InChI=1S/C32H30N2O3S/c1-22-8-12-25(13-9-22)28(30-31(36)33-32(38-30)34-16-18-37-19-17-34)20-27(24-6-4-3-5-7-24)21-29(35)26-14-10-23(2)11-15-26/h3-15,20H,16-19,21H2,1-2H3/b27-20-,30-28+. The van der Waals surface area contributed by atoms with E-state index in [-0.39, 0.29) is 18.1 Å². The molecule has 1 amide bonds. The van der Waals surface area contributed by atoms with Gasteiger partial charge in [0.25, 0.3) is 5.91 Å². The van der Waals surface area contributed by atoms with E-state index < -0.39 is 0 Å². The van der Waals surface area contributed by atoms with Gasteiger partial charge in [-0.1, -0.05) is 90.0 Å². The van der Waals surface area contributed by atoms with E-state index >= 15 is 0 Å². The lowest BCUT2D eigenvalue weighted by Gasteiger charge is -2.27. The number of rotatable bonds is 6. The van der Waals surface area contributed by atoms with Crippen LogP contribution < -0.4 is 0 Å². The molecule has 0 bridgehead atoms. The average molecular weight is 523 g/mol. The predicted molar refractivity (Wildman–Crippen MR) is 155 cm³/mol.